The summed E-state index contributed by atoms with van der Waals surface area (Å²) in [6, 6.07) is -0.237. The minimum Gasteiger partial charge on any atom is -0.480 e. The van der Waals surface area contributed by atoms with Crippen LogP contribution in [0.5, 0.6) is 0 Å². The molecule has 1 saturated carbocycles. The van der Waals surface area contributed by atoms with Crippen molar-refractivity contribution in [1.82, 2.24) is 5.32 Å². The van der Waals surface area contributed by atoms with E-state index in [1.54, 1.807) is 0 Å². The van der Waals surface area contributed by atoms with Gasteiger partial charge in [-0.3, -0.25) is 4.79 Å². The maximum Gasteiger partial charge on any atom is 0.320 e. The molecule has 0 amide bonds. The van der Waals surface area contributed by atoms with Crippen LogP contribution in [-0.2, 0) is 4.79 Å². The van der Waals surface area contributed by atoms with Crippen molar-refractivity contribution in [2.24, 2.45) is 11.8 Å². The van der Waals surface area contributed by atoms with E-state index in [-0.39, 0.29) is 6.04 Å². The number of hydrogen-bond acceptors (Lipinski definition) is 2. The van der Waals surface area contributed by atoms with E-state index in [1.165, 1.54) is 6.42 Å². The molecule has 2 rings (SSSR count). The molecule has 1 aliphatic heterocycles. The number of rotatable bonds is 1. The van der Waals surface area contributed by atoms with E-state index in [4.69, 9.17) is 5.11 Å². The third-order valence-electron chi connectivity index (χ3n) is 2.55. The Hall–Kier alpha value is -0.570. The zero-order valence-corrected chi connectivity index (χ0v) is 5.71. The summed E-state index contributed by atoms with van der Waals surface area (Å²) in [7, 11) is 0. The molecule has 0 aromatic rings. The van der Waals surface area contributed by atoms with Gasteiger partial charge in [0.1, 0.15) is 6.04 Å². The summed E-state index contributed by atoms with van der Waals surface area (Å²) in [6.07, 6.45) is 2.30. The third kappa shape index (κ3) is 0.814. The average Bonchev–Trinajstić information content (AvgIpc) is 2.63. The second kappa shape index (κ2) is 1.95. The SMILES string of the molecule is O=C(O)C1NCC[C@H]2C[C@@H]12. The van der Waals surface area contributed by atoms with E-state index in [2.05, 4.69) is 5.32 Å². The largest absolute Gasteiger partial charge is 0.480 e. The molecule has 2 aliphatic rings. The first kappa shape index (κ1) is 6.16. The van der Waals surface area contributed by atoms with Crippen LogP contribution in [0.1, 0.15) is 12.8 Å². The summed E-state index contributed by atoms with van der Waals surface area (Å²) in [4.78, 5) is 10.5. The number of nitrogens with one attached hydrogen (secondary N) is 1. The lowest BCUT2D eigenvalue weighted by Gasteiger charge is -2.18. The fourth-order valence-electron chi connectivity index (χ4n) is 1.86. The molecular formula is C7H11NO2. The number of aliphatic carboxylic acids is 1. The van der Waals surface area contributed by atoms with Crippen molar-refractivity contribution in [2.75, 3.05) is 6.54 Å². The Labute approximate surface area is 59.4 Å². The van der Waals surface area contributed by atoms with Crippen molar-refractivity contribution in [2.45, 2.75) is 18.9 Å². The van der Waals surface area contributed by atoms with Gasteiger partial charge in [0.05, 0.1) is 0 Å². The zero-order valence-electron chi connectivity index (χ0n) is 5.71. The number of carbonyl (C=O) groups is 1. The van der Waals surface area contributed by atoms with Crippen molar-refractivity contribution < 1.29 is 9.90 Å². The molecule has 0 spiro atoms. The summed E-state index contributed by atoms with van der Waals surface area (Å²) in [5, 5.41) is 11.7. The van der Waals surface area contributed by atoms with E-state index in [1.807, 2.05) is 0 Å². The highest BCUT2D eigenvalue weighted by atomic mass is 16.4. The lowest BCUT2D eigenvalue weighted by molar-refractivity contribution is -0.140. The number of hydrogen-bond donors (Lipinski definition) is 2. The van der Waals surface area contributed by atoms with Gasteiger partial charge in [0.25, 0.3) is 0 Å². The molecule has 0 aromatic heterocycles. The van der Waals surface area contributed by atoms with E-state index in [0.29, 0.717) is 5.92 Å². The molecule has 1 aliphatic carbocycles. The first-order valence-electron chi connectivity index (χ1n) is 3.75. The van der Waals surface area contributed by atoms with Crippen molar-refractivity contribution >= 4 is 5.97 Å². The third-order valence-corrected chi connectivity index (χ3v) is 2.55. The van der Waals surface area contributed by atoms with Gasteiger partial charge in [0, 0.05) is 0 Å². The van der Waals surface area contributed by atoms with Gasteiger partial charge < -0.3 is 10.4 Å². The monoisotopic (exact) mass is 141 g/mol. The topological polar surface area (TPSA) is 49.3 Å². The first-order valence-corrected chi connectivity index (χ1v) is 3.75. The quantitative estimate of drug-likeness (QED) is 0.543. The van der Waals surface area contributed by atoms with E-state index in [0.717, 1.165) is 18.9 Å². The van der Waals surface area contributed by atoms with Gasteiger partial charge in [-0.25, -0.2) is 0 Å². The standard InChI is InChI=1S/C7H11NO2/c9-7(10)6-5-3-4(5)1-2-8-6/h4-6,8H,1-3H2,(H,9,10)/t4-,5+,6?/m0/s1. The molecule has 3 heteroatoms. The van der Waals surface area contributed by atoms with Gasteiger partial charge >= 0.3 is 5.97 Å². The van der Waals surface area contributed by atoms with E-state index in [9.17, 15) is 4.79 Å². The Balaban J connectivity index is 2.02. The zero-order chi connectivity index (χ0) is 7.14. The molecule has 2 N–H and O–H groups in total. The summed E-state index contributed by atoms with van der Waals surface area (Å²) < 4.78 is 0. The van der Waals surface area contributed by atoms with Gasteiger partial charge in [-0.2, -0.15) is 0 Å². The smallest absolute Gasteiger partial charge is 0.320 e. The highest BCUT2D eigenvalue weighted by Gasteiger charge is 2.48. The highest BCUT2D eigenvalue weighted by molar-refractivity contribution is 5.74. The summed E-state index contributed by atoms with van der Waals surface area (Å²) in [5.74, 6) is 0.501. The second-order valence-corrected chi connectivity index (χ2v) is 3.22. The van der Waals surface area contributed by atoms with Crippen molar-refractivity contribution in [3.63, 3.8) is 0 Å². The Morgan fingerprint density at radius 3 is 3.00 bits per heavy atom. The Bertz CT molecular complexity index is 169. The lowest BCUT2D eigenvalue weighted by Crippen LogP contribution is -2.42. The molecule has 0 bridgehead atoms. The molecule has 3 atom stereocenters. The maximum atomic E-state index is 10.5. The Morgan fingerprint density at radius 2 is 2.40 bits per heavy atom. The summed E-state index contributed by atoms with van der Waals surface area (Å²) in [5.41, 5.74) is 0. The number of piperidine rings is 1. The summed E-state index contributed by atoms with van der Waals surface area (Å²) >= 11 is 0. The van der Waals surface area contributed by atoms with Gasteiger partial charge in [0.2, 0.25) is 0 Å². The fraction of sp³-hybridized carbons (Fsp3) is 0.857. The van der Waals surface area contributed by atoms with Crippen LogP contribution < -0.4 is 5.32 Å². The van der Waals surface area contributed by atoms with Crippen LogP contribution in [0.2, 0.25) is 0 Å². The predicted octanol–water partition coefficient (Wildman–Crippen LogP) is 0.0690. The van der Waals surface area contributed by atoms with Gasteiger partial charge in [-0.1, -0.05) is 0 Å². The van der Waals surface area contributed by atoms with Crippen LogP contribution in [0.25, 0.3) is 0 Å². The Kier molecular flexibility index (Phi) is 1.20. The average molecular weight is 141 g/mol. The molecule has 56 valence electrons. The normalized spacial score (nSPS) is 44.2. The fourth-order valence-corrected chi connectivity index (χ4v) is 1.86. The van der Waals surface area contributed by atoms with Crippen LogP contribution in [0.15, 0.2) is 0 Å². The van der Waals surface area contributed by atoms with Gasteiger partial charge in [-0.15, -0.1) is 0 Å². The molecule has 10 heavy (non-hydrogen) atoms. The number of carboxylic acids is 1. The van der Waals surface area contributed by atoms with E-state index < -0.39 is 5.97 Å². The Morgan fingerprint density at radius 1 is 1.60 bits per heavy atom. The molecule has 0 radical (unpaired) electrons. The van der Waals surface area contributed by atoms with Crippen LogP contribution in [0, 0.1) is 11.8 Å². The molecule has 0 aromatic carbocycles. The number of fused-ring (bicyclic) bond motifs is 1. The van der Waals surface area contributed by atoms with Crippen molar-refractivity contribution in [3.05, 3.63) is 0 Å². The first-order chi connectivity index (χ1) is 4.79. The van der Waals surface area contributed by atoms with Crippen LogP contribution >= 0.6 is 0 Å². The lowest BCUT2D eigenvalue weighted by atomic mass is 10.1. The maximum absolute atomic E-state index is 10.5. The molecule has 1 unspecified atom stereocenters. The van der Waals surface area contributed by atoms with Crippen molar-refractivity contribution in [1.29, 1.82) is 0 Å². The highest BCUT2D eigenvalue weighted by Crippen LogP contribution is 2.45. The van der Waals surface area contributed by atoms with Crippen LogP contribution in [0.3, 0.4) is 0 Å². The van der Waals surface area contributed by atoms with Gasteiger partial charge in [-0.05, 0) is 31.2 Å². The predicted molar refractivity (Wildman–Crippen MR) is 35.6 cm³/mol. The van der Waals surface area contributed by atoms with E-state index >= 15 is 0 Å². The van der Waals surface area contributed by atoms with Gasteiger partial charge in [0.15, 0.2) is 0 Å². The van der Waals surface area contributed by atoms with Crippen molar-refractivity contribution in [3.8, 4) is 0 Å². The van der Waals surface area contributed by atoms with Crippen LogP contribution in [-0.4, -0.2) is 23.7 Å². The number of carboxylic acid groups (broad SMARTS) is 1. The van der Waals surface area contributed by atoms with Crippen LogP contribution in [0.4, 0.5) is 0 Å². The molecule has 2 fully saturated rings. The molecular weight excluding hydrogens is 130 g/mol. The summed E-state index contributed by atoms with van der Waals surface area (Å²) in [6.45, 7) is 0.887. The minimum absolute atomic E-state index is 0.237. The second-order valence-electron chi connectivity index (χ2n) is 3.22. The molecule has 3 nitrogen and oxygen atoms in total. The minimum atomic E-state index is -0.674. The molecule has 1 saturated heterocycles. The molecule has 1 heterocycles.